The fourth-order valence-corrected chi connectivity index (χ4v) is 0.960. The summed E-state index contributed by atoms with van der Waals surface area (Å²) in [6, 6.07) is 1.93. The Hall–Kier alpha value is -1.25. The molecule has 0 radical (unpaired) electrons. The summed E-state index contributed by atoms with van der Waals surface area (Å²) in [4.78, 5) is 4.30. The summed E-state index contributed by atoms with van der Waals surface area (Å²) in [6.07, 6.45) is 1.67. The quantitative estimate of drug-likeness (QED) is 0.581. The minimum Gasteiger partial charge on any atom is -0.467 e. The molecule has 1 aromatic heterocycles. The maximum Gasteiger partial charge on any atom is 0.128 e. The predicted molar refractivity (Wildman–Crippen MR) is 58.2 cm³/mol. The molecule has 0 fully saturated rings. The molecule has 1 aromatic rings. The number of furan rings is 1. The molecule has 2 N–H and O–H groups in total. The van der Waals surface area contributed by atoms with Gasteiger partial charge in [0.2, 0.25) is 0 Å². The van der Waals surface area contributed by atoms with E-state index in [4.69, 9.17) is 10.2 Å². The first-order valence-corrected chi connectivity index (χ1v) is 4.74. The van der Waals surface area contributed by atoms with Crippen LogP contribution in [0.3, 0.4) is 0 Å². The summed E-state index contributed by atoms with van der Waals surface area (Å²) in [5, 5.41) is 0. The van der Waals surface area contributed by atoms with Crippen LogP contribution >= 0.6 is 0 Å². The van der Waals surface area contributed by atoms with Crippen LogP contribution in [0, 0.1) is 12.3 Å². The van der Waals surface area contributed by atoms with E-state index in [2.05, 4.69) is 4.99 Å². The summed E-state index contributed by atoms with van der Waals surface area (Å²) in [5.74, 6) is 1.55. The van der Waals surface area contributed by atoms with Gasteiger partial charge >= 0.3 is 0 Å². The SMILES string of the molecule is Cc1ccoc1CN=C(N)C(C)(C)C. The third kappa shape index (κ3) is 2.62. The van der Waals surface area contributed by atoms with Crippen molar-refractivity contribution >= 4 is 5.84 Å². The molecule has 0 aliphatic rings. The van der Waals surface area contributed by atoms with Crippen molar-refractivity contribution in [1.29, 1.82) is 0 Å². The van der Waals surface area contributed by atoms with Crippen LogP contribution in [-0.4, -0.2) is 5.84 Å². The van der Waals surface area contributed by atoms with Gasteiger partial charge in [-0.2, -0.15) is 0 Å². The van der Waals surface area contributed by atoms with Crippen molar-refractivity contribution in [3.05, 3.63) is 23.7 Å². The van der Waals surface area contributed by atoms with E-state index in [9.17, 15) is 0 Å². The van der Waals surface area contributed by atoms with Crippen molar-refractivity contribution in [3.63, 3.8) is 0 Å². The molecule has 0 bridgehead atoms. The third-order valence-electron chi connectivity index (χ3n) is 2.13. The van der Waals surface area contributed by atoms with Crippen LogP contribution in [0.1, 0.15) is 32.1 Å². The number of nitrogens with zero attached hydrogens (tertiary/aromatic N) is 1. The molecule has 0 amide bonds. The van der Waals surface area contributed by atoms with Gasteiger partial charge in [-0.1, -0.05) is 20.8 Å². The summed E-state index contributed by atoms with van der Waals surface area (Å²) in [6.45, 7) is 8.66. The lowest BCUT2D eigenvalue weighted by molar-refractivity contribution is 0.506. The molecule has 0 saturated carbocycles. The second-order valence-electron chi connectivity index (χ2n) is 4.48. The van der Waals surface area contributed by atoms with Gasteiger partial charge in [-0.15, -0.1) is 0 Å². The molecule has 1 heterocycles. The van der Waals surface area contributed by atoms with Gasteiger partial charge in [-0.05, 0) is 18.6 Å². The average Bonchev–Trinajstić information content (AvgIpc) is 2.45. The van der Waals surface area contributed by atoms with Crippen LogP contribution in [0.25, 0.3) is 0 Å². The van der Waals surface area contributed by atoms with E-state index >= 15 is 0 Å². The molecule has 0 aromatic carbocycles. The van der Waals surface area contributed by atoms with Gasteiger partial charge in [-0.25, -0.2) is 0 Å². The summed E-state index contributed by atoms with van der Waals surface area (Å²) >= 11 is 0. The van der Waals surface area contributed by atoms with Crippen molar-refractivity contribution in [2.45, 2.75) is 34.2 Å². The first-order chi connectivity index (χ1) is 6.41. The molecular formula is C11H18N2O. The molecular weight excluding hydrogens is 176 g/mol. The monoisotopic (exact) mass is 194 g/mol. The zero-order chi connectivity index (χ0) is 10.8. The maximum absolute atomic E-state index is 5.83. The van der Waals surface area contributed by atoms with Gasteiger partial charge < -0.3 is 10.2 Å². The van der Waals surface area contributed by atoms with E-state index in [0.717, 1.165) is 11.3 Å². The van der Waals surface area contributed by atoms with E-state index in [0.29, 0.717) is 12.4 Å². The molecule has 0 aliphatic carbocycles. The highest BCUT2D eigenvalue weighted by Gasteiger charge is 2.15. The zero-order valence-corrected chi connectivity index (χ0v) is 9.29. The third-order valence-corrected chi connectivity index (χ3v) is 2.13. The molecule has 0 aliphatic heterocycles. The number of nitrogens with two attached hydrogens (primary N) is 1. The Balaban J connectivity index is 2.69. The lowest BCUT2D eigenvalue weighted by Gasteiger charge is -2.17. The Kier molecular flexibility index (Phi) is 2.99. The largest absolute Gasteiger partial charge is 0.467 e. The Bertz CT molecular complexity index is 331. The first kappa shape index (κ1) is 10.8. The smallest absolute Gasteiger partial charge is 0.128 e. The van der Waals surface area contributed by atoms with Crippen LogP contribution in [0.5, 0.6) is 0 Å². The average molecular weight is 194 g/mol. The molecule has 1 rings (SSSR count). The predicted octanol–water partition coefficient (Wildman–Crippen LogP) is 2.49. The molecule has 78 valence electrons. The number of amidine groups is 1. The van der Waals surface area contributed by atoms with Crippen molar-refractivity contribution in [3.8, 4) is 0 Å². The van der Waals surface area contributed by atoms with E-state index in [1.54, 1.807) is 6.26 Å². The van der Waals surface area contributed by atoms with Gasteiger partial charge in [0.1, 0.15) is 5.76 Å². The normalized spacial score (nSPS) is 13.3. The highest BCUT2D eigenvalue weighted by Crippen LogP contribution is 2.15. The molecule has 0 spiro atoms. The minimum absolute atomic E-state index is 0.0690. The fraction of sp³-hybridized carbons (Fsp3) is 0.545. The first-order valence-electron chi connectivity index (χ1n) is 4.74. The van der Waals surface area contributed by atoms with Gasteiger partial charge in [0.25, 0.3) is 0 Å². The summed E-state index contributed by atoms with van der Waals surface area (Å²) < 4.78 is 5.26. The molecule has 0 unspecified atom stereocenters. The number of aliphatic imine (C=N–C) groups is 1. The number of hydrogen-bond acceptors (Lipinski definition) is 2. The number of aryl methyl sites for hydroxylation is 1. The van der Waals surface area contributed by atoms with Crippen LogP contribution in [0.2, 0.25) is 0 Å². The standard InChI is InChI=1S/C11H18N2O/c1-8-5-6-14-9(8)7-13-10(12)11(2,3)4/h5-6H,7H2,1-4H3,(H2,12,13). The van der Waals surface area contributed by atoms with E-state index in [1.807, 2.05) is 33.8 Å². The van der Waals surface area contributed by atoms with Crippen LogP contribution in [0.15, 0.2) is 21.7 Å². The van der Waals surface area contributed by atoms with E-state index in [1.165, 1.54) is 0 Å². The van der Waals surface area contributed by atoms with Gasteiger partial charge in [0, 0.05) is 5.41 Å². The van der Waals surface area contributed by atoms with Crippen molar-refractivity contribution in [2.24, 2.45) is 16.1 Å². The minimum atomic E-state index is -0.0690. The molecule has 14 heavy (non-hydrogen) atoms. The van der Waals surface area contributed by atoms with E-state index < -0.39 is 0 Å². The Morgan fingerprint density at radius 3 is 2.57 bits per heavy atom. The van der Waals surface area contributed by atoms with Crippen LogP contribution in [-0.2, 0) is 6.54 Å². The van der Waals surface area contributed by atoms with Crippen molar-refractivity contribution < 1.29 is 4.42 Å². The molecule has 3 nitrogen and oxygen atoms in total. The highest BCUT2D eigenvalue weighted by atomic mass is 16.3. The van der Waals surface area contributed by atoms with E-state index in [-0.39, 0.29) is 5.41 Å². The molecule has 3 heteroatoms. The Labute approximate surface area is 85.0 Å². The van der Waals surface area contributed by atoms with Gasteiger partial charge in [0.05, 0.1) is 18.6 Å². The highest BCUT2D eigenvalue weighted by molar-refractivity contribution is 5.85. The van der Waals surface area contributed by atoms with Crippen molar-refractivity contribution in [1.82, 2.24) is 0 Å². The summed E-state index contributed by atoms with van der Waals surface area (Å²) in [5.41, 5.74) is 6.88. The molecule has 0 saturated heterocycles. The lowest BCUT2D eigenvalue weighted by Crippen LogP contribution is -2.28. The topological polar surface area (TPSA) is 51.5 Å². The second-order valence-corrected chi connectivity index (χ2v) is 4.48. The fourth-order valence-electron chi connectivity index (χ4n) is 0.960. The zero-order valence-electron chi connectivity index (χ0n) is 9.29. The maximum atomic E-state index is 5.83. The lowest BCUT2D eigenvalue weighted by atomic mass is 9.95. The summed E-state index contributed by atoms with van der Waals surface area (Å²) in [7, 11) is 0. The van der Waals surface area contributed by atoms with Crippen LogP contribution < -0.4 is 5.73 Å². The Morgan fingerprint density at radius 1 is 1.50 bits per heavy atom. The van der Waals surface area contributed by atoms with Crippen LogP contribution in [0.4, 0.5) is 0 Å². The van der Waals surface area contributed by atoms with Gasteiger partial charge in [-0.3, -0.25) is 4.99 Å². The number of rotatable bonds is 2. The van der Waals surface area contributed by atoms with Gasteiger partial charge in [0.15, 0.2) is 0 Å². The Morgan fingerprint density at radius 2 is 2.14 bits per heavy atom. The molecule has 0 atom stereocenters. The number of hydrogen-bond donors (Lipinski definition) is 1. The second kappa shape index (κ2) is 3.86. The van der Waals surface area contributed by atoms with Crippen molar-refractivity contribution in [2.75, 3.05) is 0 Å².